The third-order valence-electron chi connectivity index (χ3n) is 0.723. The van der Waals surface area contributed by atoms with Crippen molar-refractivity contribution >= 4 is 15.9 Å². The molecule has 0 saturated heterocycles. The van der Waals surface area contributed by atoms with E-state index >= 15 is 0 Å². The van der Waals surface area contributed by atoms with Gasteiger partial charge in [-0.05, 0) is 0 Å². The van der Waals surface area contributed by atoms with Crippen LogP contribution in [-0.2, 0) is 18.3 Å². The van der Waals surface area contributed by atoms with Crippen molar-refractivity contribution in [2.75, 3.05) is 0 Å². The summed E-state index contributed by atoms with van der Waals surface area (Å²) in [6, 6.07) is 0. The van der Waals surface area contributed by atoms with E-state index in [1.807, 2.05) is 0 Å². The number of alkyl halides is 1. The predicted molar refractivity (Wildman–Crippen MR) is 27.6 cm³/mol. The van der Waals surface area contributed by atoms with Gasteiger partial charge in [-0.15, -0.1) is 0 Å². The van der Waals surface area contributed by atoms with Gasteiger partial charge in [-0.2, -0.15) is 0 Å². The van der Waals surface area contributed by atoms with Gasteiger partial charge >= 0.3 is 57.4 Å². The minimum atomic E-state index is 0.789. The first-order valence-electron chi connectivity index (χ1n) is 2.11. The third kappa shape index (κ3) is 3.30. The van der Waals surface area contributed by atoms with Crippen LogP contribution in [0, 0.1) is 5.92 Å². The van der Waals surface area contributed by atoms with Gasteiger partial charge in [-0.25, -0.2) is 0 Å². The van der Waals surface area contributed by atoms with Crippen molar-refractivity contribution in [1.29, 1.82) is 0 Å². The summed E-state index contributed by atoms with van der Waals surface area (Å²) in [6.45, 7) is 4.45. The van der Waals surface area contributed by atoms with Gasteiger partial charge in [0.1, 0.15) is 0 Å². The molecule has 0 aromatic carbocycles. The minimum absolute atomic E-state index is 0.789. The van der Waals surface area contributed by atoms with E-state index in [1.54, 1.807) is 0 Å². The number of rotatable bonds is 1. The summed E-state index contributed by atoms with van der Waals surface area (Å²) in [6.07, 6.45) is 0. The Labute approximate surface area is 57.5 Å². The molecule has 0 radical (unpaired) electrons. The predicted octanol–water partition coefficient (Wildman–Crippen LogP) is 1.91. The van der Waals surface area contributed by atoms with Crippen molar-refractivity contribution in [3.05, 3.63) is 0 Å². The molecular formula is C4H8BrZn. The molecule has 0 bridgehead atoms. The molecule has 0 spiro atoms. The molecule has 0 nitrogen and oxygen atoms in total. The second kappa shape index (κ2) is 3.15. The molecule has 0 heterocycles. The van der Waals surface area contributed by atoms with Crippen LogP contribution >= 0.6 is 15.9 Å². The standard InChI is InChI=1S/C4H8Br.Zn/c1-4(2)3-5;/h3-4H,1-2H3;. The van der Waals surface area contributed by atoms with Crippen LogP contribution in [0.3, 0.4) is 0 Å². The van der Waals surface area contributed by atoms with Gasteiger partial charge in [-0.3, -0.25) is 0 Å². The van der Waals surface area contributed by atoms with Crippen molar-refractivity contribution in [3.63, 3.8) is 0 Å². The van der Waals surface area contributed by atoms with E-state index in [2.05, 4.69) is 29.8 Å². The number of hydrogen-bond acceptors (Lipinski definition) is 0. The Morgan fingerprint density at radius 3 is 1.67 bits per heavy atom. The summed E-state index contributed by atoms with van der Waals surface area (Å²) in [5.41, 5.74) is 0. The van der Waals surface area contributed by atoms with Crippen LogP contribution in [0.25, 0.3) is 0 Å². The number of halogens is 1. The monoisotopic (exact) mass is 199 g/mol. The summed E-state index contributed by atoms with van der Waals surface area (Å²) in [5.74, 6) is 0.824. The quantitative estimate of drug-likeness (QED) is 0.449. The van der Waals surface area contributed by atoms with Gasteiger partial charge in [0.25, 0.3) is 0 Å². The molecule has 0 aromatic rings. The topological polar surface area (TPSA) is 0 Å². The Balaban J connectivity index is 2.99. The fraction of sp³-hybridized carbons (Fsp3) is 1.00. The molecule has 0 fully saturated rings. The molecule has 1 atom stereocenters. The van der Waals surface area contributed by atoms with Gasteiger partial charge in [0.05, 0.1) is 0 Å². The maximum absolute atomic E-state index is 3.49. The third-order valence-corrected chi connectivity index (χ3v) is 3.76. The molecule has 0 aliphatic rings. The van der Waals surface area contributed by atoms with Crippen LogP contribution in [0.15, 0.2) is 0 Å². The van der Waals surface area contributed by atoms with Crippen molar-refractivity contribution in [2.24, 2.45) is 5.92 Å². The molecule has 1 unspecified atom stereocenters. The van der Waals surface area contributed by atoms with E-state index in [9.17, 15) is 0 Å². The summed E-state index contributed by atoms with van der Waals surface area (Å²) < 4.78 is 0.789. The first kappa shape index (κ1) is 7.10. The molecule has 0 N–H and O–H groups in total. The summed E-state index contributed by atoms with van der Waals surface area (Å²) in [5, 5.41) is 0. The fourth-order valence-electron chi connectivity index (χ4n) is 0. The van der Waals surface area contributed by atoms with Crippen molar-refractivity contribution in [3.8, 4) is 0 Å². The Kier molecular flexibility index (Phi) is 3.73. The average Bonchev–Trinajstić information content (AvgIpc) is 1.36. The van der Waals surface area contributed by atoms with Crippen LogP contribution in [0.2, 0.25) is 0 Å². The molecule has 0 aliphatic carbocycles. The summed E-state index contributed by atoms with van der Waals surface area (Å²) in [4.78, 5) is 0. The molecule has 2 heteroatoms. The fourth-order valence-corrected chi connectivity index (χ4v) is 0. The van der Waals surface area contributed by atoms with Crippen LogP contribution < -0.4 is 0 Å². The molecule has 0 aromatic heterocycles. The zero-order valence-corrected chi connectivity index (χ0v) is 8.79. The van der Waals surface area contributed by atoms with Crippen molar-refractivity contribution in [1.82, 2.24) is 0 Å². The van der Waals surface area contributed by atoms with Crippen LogP contribution in [0.4, 0.5) is 0 Å². The zero-order valence-electron chi connectivity index (χ0n) is 4.24. The molecule has 0 saturated carbocycles. The van der Waals surface area contributed by atoms with Gasteiger partial charge in [0.15, 0.2) is 0 Å². The second-order valence-electron chi connectivity index (χ2n) is 1.76. The zero-order chi connectivity index (χ0) is 5.15. The van der Waals surface area contributed by atoms with E-state index in [0.29, 0.717) is 0 Å². The SMILES string of the molecule is CC(C)[CH]([Zn])Br. The average molecular weight is 201 g/mol. The molecule has 33 valence electrons. The van der Waals surface area contributed by atoms with Crippen molar-refractivity contribution < 1.29 is 18.3 Å². The van der Waals surface area contributed by atoms with Gasteiger partial charge in [-0.1, -0.05) is 0 Å². The first-order chi connectivity index (χ1) is 2.64. The van der Waals surface area contributed by atoms with Crippen LogP contribution in [-0.4, -0.2) is 3.42 Å². The normalized spacial score (nSPS) is 15.7. The summed E-state index contributed by atoms with van der Waals surface area (Å²) in [7, 11) is 0. The van der Waals surface area contributed by atoms with E-state index in [-0.39, 0.29) is 0 Å². The van der Waals surface area contributed by atoms with Crippen molar-refractivity contribution in [2.45, 2.75) is 17.3 Å². The van der Waals surface area contributed by atoms with Gasteiger partial charge in [0.2, 0.25) is 0 Å². The first-order valence-corrected chi connectivity index (χ1v) is 4.74. The molecular weight excluding hydrogens is 193 g/mol. The van der Waals surface area contributed by atoms with Gasteiger partial charge < -0.3 is 0 Å². The number of hydrogen-bond donors (Lipinski definition) is 0. The Morgan fingerprint density at radius 2 is 1.67 bits per heavy atom. The van der Waals surface area contributed by atoms with E-state index < -0.39 is 0 Å². The molecule has 6 heavy (non-hydrogen) atoms. The molecule has 0 aliphatic heterocycles. The van der Waals surface area contributed by atoms with E-state index in [1.165, 1.54) is 18.3 Å². The Bertz CT molecular complexity index is 28.5. The Morgan fingerprint density at radius 1 is 1.50 bits per heavy atom. The summed E-state index contributed by atoms with van der Waals surface area (Å²) >= 11 is 4.85. The molecule has 0 rings (SSSR count). The van der Waals surface area contributed by atoms with Crippen LogP contribution in [0.1, 0.15) is 13.8 Å². The van der Waals surface area contributed by atoms with E-state index in [0.717, 1.165) is 9.34 Å². The maximum atomic E-state index is 3.49. The second-order valence-corrected chi connectivity index (χ2v) is 7.29. The van der Waals surface area contributed by atoms with Crippen LogP contribution in [0.5, 0.6) is 0 Å². The van der Waals surface area contributed by atoms with Gasteiger partial charge in [0, 0.05) is 0 Å². The molecule has 0 amide bonds. The van der Waals surface area contributed by atoms with E-state index in [4.69, 9.17) is 0 Å². The Hall–Kier alpha value is 1.10.